The summed E-state index contributed by atoms with van der Waals surface area (Å²) in [4.78, 5) is 35.6. The molecule has 50 heavy (non-hydrogen) atoms. The molecule has 1 aromatic carbocycles. The van der Waals surface area contributed by atoms with Crippen LogP contribution in [-0.4, -0.2) is 19.9 Å². The highest BCUT2D eigenvalue weighted by Crippen LogP contribution is 2.50. The third kappa shape index (κ3) is 6.52. The van der Waals surface area contributed by atoms with E-state index in [9.17, 15) is 22.8 Å². The van der Waals surface area contributed by atoms with Gasteiger partial charge in [-0.3, -0.25) is 9.59 Å². The van der Waals surface area contributed by atoms with E-state index in [2.05, 4.69) is 46.8 Å². The number of carbonyl (C=O) groups excluding carboxylic acids is 2. The lowest BCUT2D eigenvalue weighted by Gasteiger charge is -2.35. The molecule has 2 aliphatic rings. The summed E-state index contributed by atoms with van der Waals surface area (Å²) in [5.41, 5.74) is 0.102. The predicted molar refractivity (Wildman–Crippen MR) is 209 cm³/mol. The number of thiophene rings is 3. The summed E-state index contributed by atoms with van der Waals surface area (Å²) >= 11 is 5.12. The number of imide groups is 1. The van der Waals surface area contributed by atoms with Gasteiger partial charge in [0.1, 0.15) is 8.07 Å². The zero-order valence-corrected chi connectivity index (χ0v) is 33.7. The van der Waals surface area contributed by atoms with E-state index in [1.54, 1.807) is 23.4 Å². The van der Waals surface area contributed by atoms with E-state index in [-0.39, 0.29) is 5.69 Å². The summed E-state index contributed by atoms with van der Waals surface area (Å²) in [5.74, 6) is 0.231. The third-order valence-corrected chi connectivity index (χ3v) is 20.4. The van der Waals surface area contributed by atoms with Gasteiger partial charge in [0.25, 0.3) is 11.8 Å². The van der Waals surface area contributed by atoms with Crippen LogP contribution in [0.3, 0.4) is 0 Å². The van der Waals surface area contributed by atoms with E-state index in [4.69, 9.17) is 0 Å². The number of carbonyl (C=O) groups is 2. The molecule has 0 spiro atoms. The summed E-state index contributed by atoms with van der Waals surface area (Å²) in [5, 5.41) is 3.12. The highest BCUT2D eigenvalue weighted by Gasteiger charge is 2.50. The number of amides is 2. The molecule has 0 aliphatic carbocycles. The Labute approximate surface area is 308 Å². The molecule has 0 N–H and O–H groups in total. The van der Waals surface area contributed by atoms with Gasteiger partial charge in [0.15, 0.2) is 0 Å². The Kier molecular flexibility index (Phi) is 10.8. The number of anilines is 1. The Balaban J connectivity index is 1.48. The quantitative estimate of drug-likeness (QED) is 0.0949. The van der Waals surface area contributed by atoms with E-state index in [0.29, 0.717) is 28.5 Å². The lowest BCUT2D eigenvalue weighted by Crippen LogP contribution is -2.56. The van der Waals surface area contributed by atoms with Crippen molar-refractivity contribution in [1.82, 2.24) is 0 Å². The average molecular weight is 756 g/mol. The van der Waals surface area contributed by atoms with Gasteiger partial charge in [0.05, 0.1) is 27.3 Å². The Hall–Kier alpha value is -2.53. The summed E-state index contributed by atoms with van der Waals surface area (Å²) in [6.45, 7) is 14.9. The van der Waals surface area contributed by atoms with Crippen molar-refractivity contribution in [3.05, 3.63) is 62.3 Å². The number of fused-ring (bicyclic) bond motifs is 4. The molecule has 2 unspecified atom stereocenters. The first-order chi connectivity index (χ1) is 23.8. The van der Waals surface area contributed by atoms with Crippen LogP contribution in [0.25, 0.3) is 19.5 Å². The minimum Gasteiger partial charge on any atom is -0.268 e. The third-order valence-electron chi connectivity index (χ3n) is 11.0. The highest BCUT2D eigenvalue weighted by atomic mass is 32.1. The number of nitrogens with zero attached hydrogens (tertiary/aromatic N) is 1. The number of alkyl halides is 3. The average Bonchev–Trinajstić information content (AvgIpc) is 3.85. The molecule has 0 saturated carbocycles. The van der Waals surface area contributed by atoms with E-state index >= 15 is 0 Å². The Bertz CT molecular complexity index is 1900. The number of halogens is 3. The number of unbranched alkanes of at least 4 members (excludes halogenated alkanes) is 2. The van der Waals surface area contributed by atoms with Crippen molar-refractivity contribution in [3.63, 3.8) is 0 Å². The van der Waals surface area contributed by atoms with Crippen LogP contribution in [0, 0.1) is 32.6 Å². The summed E-state index contributed by atoms with van der Waals surface area (Å²) in [7, 11) is -2.22. The van der Waals surface area contributed by atoms with Crippen LogP contribution in [-0.2, 0) is 6.18 Å². The van der Waals surface area contributed by atoms with E-state index in [1.807, 2.05) is 18.3 Å². The molecule has 3 nitrogen and oxygen atoms in total. The van der Waals surface area contributed by atoms with Crippen molar-refractivity contribution in [3.8, 4) is 19.5 Å². The molecule has 2 aliphatic heterocycles. The zero-order chi connectivity index (χ0) is 36.1. The van der Waals surface area contributed by atoms with Gasteiger partial charge in [-0.05, 0) is 91.0 Å². The second-order valence-electron chi connectivity index (χ2n) is 14.5. The van der Waals surface area contributed by atoms with Crippen molar-refractivity contribution < 1.29 is 22.8 Å². The maximum Gasteiger partial charge on any atom is 0.416 e. The van der Waals surface area contributed by atoms with Crippen molar-refractivity contribution in [2.24, 2.45) is 11.8 Å². The fraction of sp³-hybridized carbons (Fsp3) is 0.500. The monoisotopic (exact) mass is 755 g/mol. The number of aryl methyl sites for hydroxylation is 3. The SMILES string of the molecule is CCCCC(CC)C[Si]1(CC(CC)CCCC)c2cc(C)sc2-c2sc(-c3sc(C)c4c3C(=O)N(c3cc(C)cc(C(F)(F)F)c3)C4=O)cc21. The van der Waals surface area contributed by atoms with Crippen LogP contribution >= 0.6 is 34.0 Å². The maximum absolute atomic E-state index is 14.2. The standard InChI is InChI=1S/C40H48F3NO2S3Si/c1-8-12-14-26(10-3)21-50(22-27(11-4)15-13-9-2)31-18-24(6)47-36(31)37-32(50)20-30(49-37)35-34-33(25(7)48-35)38(45)44(39(34)46)29-17-23(5)16-28(19-29)40(41,42)43/h16-20,26-27H,8-15,21-22H2,1-7H3. The number of hydrogen-bond donors (Lipinski definition) is 0. The lowest BCUT2D eigenvalue weighted by atomic mass is 10.0. The van der Waals surface area contributed by atoms with Gasteiger partial charge in [-0.25, -0.2) is 4.90 Å². The molecule has 2 amide bonds. The molecule has 0 saturated heterocycles. The van der Waals surface area contributed by atoms with E-state index in [0.717, 1.165) is 31.7 Å². The Morgan fingerprint density at radius 2 is 1.30 bits per heavy atom. The normalized spacial score (nSPS) is 18.2. The number of benzene rings is 1. The van der Waals surface area contributed by atoms with Crippen molar-refractivity contribution in [2.75, 3.05) is 4.90 Å². The van der Waals surface area contributed by atoms with E-state index in [1.165, 1.54) is 101 Å². The topological polar surface area (TPSA) is 37.4 Å². The smallest absolute Gasteiger partial charge is 0.268 e. The van der Waals surface area contributed by atoms with Crippen molar-refractivity contribution >= 4 is 70.0 Å². The molecule has 4 aromatic rings. The molecule has 6 rings (SSSR count). The molecule has 2 atom stereocenters. The molecule has 0 bridgehead atoms. The Morgan fingerprint density at radius 1 is 0.720 bits per heavy atom. The first-order valence-electron chi connectivity index (χ1n) is 18.2. The molecule has 10 heteroatoms. The number of rotatable bonds is 14. The summed E-state index contributed by atoms with van der Waals surface area (Å²) in [6, 6.07) is 10.8. The maximum atomic E-state index is 14.2. The Morgan fingerprint density at radius 3 is 1.88 bits per heavy atom. The van der Waals surface area contributed by atoms with Gasteiger partial charge < -0.3 is 0 Å². The van der Waals surface area contributed by atoms with Gasteiger partial charge in [0.2, 0.25) is 0 Å². The zero-order valence-electron chi connectivity index (χ0n) is 30.2. The van der Waals surface area contributed by atoms with Gasteiger partial charge in [-0.2, -0.15) is 13.2 Å². The van der Waals surface area contributed by atoms with Gasteiger partial charge in [-0.1, -0.05) is 79.1 Å². The number of hydrogen-bond acceptors (Lipinski definition) is 5. The lowest BCUT2D eigenvalue weighted by molar-refractivity contribution is -0.137. The van der Waals surface area contributed by atoms with Gasteiger partial charge in [0, 0.05) is 24.4 Å². The second-order valence-corrected chi connectivity index (χ2v) is 22.1. The predicted octanol–water partition coefficient (Wildman–Crippen LogP) is 12.3. The van der Waals surface area contributed by atoms with Crippen molar-refractivity contribution in [2.45, 2.75) is 118 Å². The highest BCUT2D eigenvalue weighted by molar-refractivity contribution is 7.32. The van der Waals surface area contributed by atoms with E-state index < -0.39 is 31.6 Å². The van der Waals surface area contributed by atoms with Crippen LogP contribution in [0.2, 0.25) is 12.1 Å². The van der Waals surface area contributed by atoms with Crippen LogP contribution in [0.4, 0.5) is 18.9 Å². The molecule has 0 fully saturated rings. The molecule has 268 valence electrons. The molecule has 3 aromatic heterocycles. The van der Waals surface area contributed by atoms with Crippen LogP contribution in [0.1, 0.15) is 121 Å². The van der Waals surface area contributed by atoms with Crippen LogP contribution < -0.4 is 15.3 Å². The fourth-order valence-electron chi connectivity index (χ4n) is 8.39. The van der Waals surface area contributed by atoms with Gasteiger partial charge in [-0.15, -0.1) is 34.0 Å². The molecular formula is C40H48F3NO2S3Si. The summed E-state index contributed by atoms with van der Waals surface area (Å²) < 4.78 is 41.3. The molecule has 0 radical (unpaired) electrons. The molecule has 5 heterocycles. The summed E-state index contributed by atoms with van der Waals surface area (Å²) in [6.07, 6.45) is 5.12. The first-order valence-corrected chi connectivity index (χ1v) is 23.1. The van der Waals surface area contributed by atoms with Crippen LogP contribution in [0.15, 0.2) is 30.3 Å². The second kappa shape index (κ2) is 14.5. The van der Waals surface area contributed by atoms with Crippen LogP contribution in [0.5, 0.6) is 0 Å². The fourth-order valence-corrected chi connectivity index (χ4v) is 20.0. The minimum atomic E-state index is -4.59. The van der Waals surface area contributed by atoms with Gasteiger partial charge >= 0.3 is 6.18 Å². The minimum absolute atomic E-state index is 0.0342. The largest absolute Gasteiger partial charge is 0.416 e. The first kappa shape index (κ1) is 37.2. The van der Waals surface area contributed by atoms with Crippen molar-refractivity contribution in [1.29, 1.82) is 0 Å². The molecular weight excluding hydrogens is 708 g/mol.